The summed E-state index contributed by atoms with van der Waals surface area (Å²) in [6.07, 6.45) is 9.74. The number of aliphatic hydroxyl groups excluding tert-OH is 1. The fourth-order valence-electron chi connectivity index (χ4n) is 6.14. The zero-order chi connectivity index (χ0) is 16.9. The van der Waals surface area contributed by atoms with Crippen molar-refractivity contribution in [2.45, 2.75) is 57.0 Å². The number of aryl methyl sites for hydroxylation is 1. The third-order valence-electron chi connectivity index (χ3n) is 7.42. The van der Waals surface area contributed by atoms with Gasteiger partial charge in [-0.1, -0.05) is 25.1 Å². The van der Waals surface area contributed by atoms with Crippen molar-refractivity contribution in [3.8, 4) is 5.75 Å². The first-order chi connectivity index (χ1) is 11.5. The summed E-state index contributed by atoms with van der Waals surface area (Å²) in [5.41, 5.74) is 1.87. The second kappa shape index (κ2) is 5.60. The third kappa shape index (κ3) is 2.18. The molecule has 4 rings (SSSR count). The van der Waals surface area contributed by atoms with E-state index in [1.54, 1.807) is 6.08 Å². The van der Waals surface area contributed by atoms with Crippen LogP contribution < -0.4 is 0 Å². The van der Waals surface area contributed by atoms with E-state index in [9.17, 15) is 10.2 Å². The molecule has 0 saturated heterocycles. The van der Waals surface area contributed by atoms with Crippen molar-refractivity contribution in [3.63, 3.8) is 0 Å². The minimum absolute atomic E-state index is 0.00796. The molecule has 0 spiro atoms. The van der Waals surface area contributed by atoms with Crippen molar-refractivity contribution in [3.05, 3.63) is 41.5 Å². The van der Waals surface area contributed by atoms with Gasteiger partial charge in [-0.25, -0.2) is 0 Å². The number of aliphatic hydroxyl groups is 2. The zero-order valence-corrected chi connectivity index (χ0v) is 14.4. The van der Waals surface area contributed by atoms with Crippen LogP contribution >= 0.6 is 0 Å². The van der Waals surface area contributed by atoms with Crippen molar-refractivity contribution < 1.29 is 15.3 Å². The largest absolute Gasteiger partial charge is 0.508 e. The Balaban J connectivity index is 1.67. The first-order valence-electron chi connectivity index (χ1n) is 9.31. The number of hydrogen-bond donors (Lipinski definition) is 3. The predicted molar refractivity (Wildman–Crippen MR) is 93.9 cm³/mol. The fourth-order valence-corrected chi connectivity index (χ4v) is 6.14. The fraction of sp³-hybridized carbons (Fsp3) is 0.619. The first kappa shape index (κ1) is 16.2. The summed E-state index contributed by atoms with van der Waals surface area (Å²) in [6.45, 7) is 2.25. The van der Waals surface area contributed by atoms with Gasteiger partial charge in [-0.15, -0.1) is 0 Å². The molecular weight excluding hydrogens is 300 g/mol. The molecule has 0 amide bonds. The molecule has 1 aromatic carbocycles. The molecule has 0 bridgehead atoms. The summed E-state index contributed by atoms with van der Waals surface area (Å²) in [6, 6.07) is 5.88. The Morgan fingerprint density at radius 2 is 2.04 bits per heavy atom. The molecule has 130 valence electrons. The van der Waals surface area contributed by atoms with Crippen LogP contribution in [0.3, 0.4) is 0 Å². The average Bonchev–Trinajstić information content (AvgIpc) is 2.84. The highest BCUT2D eigenvalue weighted by atomic mass is 16.3. The molecule has 3 aliphatic carbocycles. The van der Waals surface area contributed by atoms with E-state index in [4.69, 9.17) is 5.11 Å². The normalized spacial score (nSPS) is 41.0. The van der Waals surface area contributed by atoms with Gasteiger partial charge in [0.2, 0.25) is 0 Å². The number of hydrogen-bond acceptors (Lipinski definition) is 3. The molecule has 3 heteroatoms. The summed E-state index contributed by atoms with van der Waals surface area (Å²) in [5.74, 6) is 2.10. The van der Waals surface area contributed by atoms with Crippen LogP contribution in [0.15, 0.2) is 30.4 Å². The van der Waals surface area contributed by atoms with Crippen LogP contribution in [0.4, 0.5) is 0 Å². The van der Waals surface area contributed by atoms with Gasteiger partial charge >= 0.3 is 0 Å². The number of phenolic OH excluding ortho intramolecular Hbond substituents is 1. The standard InChI is InChI=1S/C21H28O3/c1-20-10-7-17-16-6-4-15(23)13-14(16)3-5-18(17)19(20)8-11-21(20,24)9-2-12-22/h2,4,6,9,13,17-19,22-24H,3,5,7-8,10-12H2,1H3/b9-2+/t17-,18-,19+,20+,21+/m1/s1. The molecule has 0 unspecified atom stereocenters. The molecule has 0 heterocycles. The second-order valence-corrected chi connectivity index (χ2v) is 8.30. The lowest BCUT2D eigenvalue weighted by Crippen LogP contribution is -2.49. The van der Waals surface area contributed by atoms with Gasteiger partial charge in [0.25, 0.3) is 0 Å². The first-order valence-corrected chi connectivity index (χ1v) is 9.31. The number of aromatic hydroxyl groups is 1. The van der Waals surface area contributed by atoms with Gasteiger partial charge < -0.3 is 15.3 Å². The maximum absolute atomic E-state index is 11.3. The highest BCUT2D eigenvalue weighted by Gasteiger charge is 2.60. The molecule has 0 radical (unpaired) electrons. The summed E-state index contributed by atoms with van der Waals surface area (Å²) < 4.78 is 0. The molecule has 2 fully saturated rings. The number of phenols is 1. The van der Waals surface area contributed by atoms with Crippen molar-refractivity contribution in [2.75, 3.05) is 6.61 Å². The topological polar surface area (TPSA) is 60.7 Å². The van der Waals surface area contributed by atoms with Gasteiger partial charge in [0.15, 0.2) is 0 Å². The van der Waals surface area contributed by atoms with E-state index in [0.717, 1.165) is 38.5 Å². The summed E-state index contributed by atoms with van der Waals surface area (Å²) in [7, 11) is 0. The van der Waals surface area contributed by atoms with Crippen LogP contribution in [0.5, 0.6) is 5.75 Å². The Kier molecular flexibility index (Phi) is 3.77. The van der Waals surface area contributed by atoms with Gasteiger partial charge in [0, 0.05) is 5.41 Å². The van der Waals surface area contributed by atoms with Gasteiger partial charge in [0.1, 0.15) is 5.75 Å². The van der Waals surface area contributed by atoms with E-state index in [1.165, 1.54) is 11.1 Å². The van der Waals surface area contributed by atoms with Crippen LogP contribution in [-0.2, 0) is 6.42 Å². The minimum Gasteiger partial charge on any atom is -0.508 e. The Morgan fingerprint density at radius 1 is 1.21 bits per heavy atom. The van der Waals surface area contributed by atoms with Gasteiger partial charge in [-0.05, 0) is 79.5 Å². The van der Waals surface area contributed by atoms with E-state index in [1.807, 2.05) is 18.2 Å². The third-order valence-corrected chi connectivity index (χ3v) is 7.42. The van der Waals surface area contributed by atoms with Crippen LogP contribution in [0.1, 0.15) is 56.1 Å². The quantitative estimate of drug-likeness (QED) is 0.728. The van der Waals surface area contributed by atoms with Crippen LogP contribution in [0, 0.1) is 17.3 Å². The van der Waals surface area contributed by atoms with Gasteiger partial charge in [-0.2, -0.15) is 0 Å². The Hall–Kier alpha value is -1.32. The lowest BCUT2D eigenvalue weighted by atomic mass is 9.53. The van der Waals surface area contributed by atoms with Gasteiger partial charge in [0.05, 0.1) is 12.2 Å². The van der Waals surface area contributed by atoms with Crippen molar-refractivity contribution in [1.82, 2.24) is 0 Å². The highest BCUT2D eigenvalue weighted by Crippen LogP contribution is 2.64. The number of rotatable bonds is 2. The summed E-state index contributed by atoms with van der Waals surface area (Å²) in [4.78, 5) is 0. The minimum atomic E-state index is -0.777. The monoisotopic (exact) mass is 328 g/mol. The average molecular weight is 328 g/mol. The smallest absolute Gasteiger partial charge is 0.115 e. The molecule has 5 atom stereocenters. The summed E-state index contributed by atoms with van der Waals surface area (Å²) >= 11 is 0. The SMILES string of the molecule is C[C@]12CC[C@@H]3c4ccc(O)cc4CC[C@H]3[C@@H]1CC[C@@]2(O)/C=C/CO. The predicted octanol–water partition coefficient (Wildman–Crippen LogP) is 3.53. The van der Waals surface area contributed by atoms with Crippen LogP contribution in [0.25, 0.3) is 0 Å². The Bertz CT molecular complexity index is 667. The van der Waals surface area contributed by atoms with E-state index in [2.05, 4.69) is 13.0 Å². The molecule has 3 N–H and O–H groups in total. The van der Waals surface area contributed by atoms with Crippen LogP contribution in [0.2, 0.25) is 0 Å². The van der Waals surface area contributed by atoms with E-state index >= 15 is 0 Å². The summed E-state index contributed by atoms with van der Waals surface area (Å²) in [5, 5.41) is 30.2. The highest BCUT2D eigenvalue weighted by molar-refractivity contribution is 5.40. The Morgan fingerprint density at radius 3 is 2.83 bits per heavy atom. The zero-order valence-electron chi connectivity index (χ0n) is 14.4. The van der Waals surface area contributed by atoms with Crippen molar-refractivity contribution in [2.24, 2.45) is 17.3 Å². The van der Waals surface area contributed by atoms with E-state index in [0.29, 0.717) is 23.5 Å². The molecule has 2 saturated carbocycles. The number of fused-ring (bicyclic) bond motifs is 5. The Labute approximate surface area is 144 Å². The number of benzene rings is 1. The van der Waals surface area contributed by atoms with Crippen LogP contribution in [-0.4, -0.2) is 27.5 Å². The molecule has 3 nitrogen and oxygen atoms in total. The molecule has 0 aromatic heterocycles. The van der Waals surface area contributed by atoms with E-state index in [-0.39, 0.29) is 12.0 Å². The van der Waals surface area contributed by atoms with Crippen molar-refractivity contribution >= 4 is 0 Å². The van der Waals surface area contributed by atoms with Gasteiger partial charge in [-0.3, -0.25) is 0 Å². The molecule has 0 aliphatic heterocycles. The molecule has 24 heavy (non-hydrogen) atoms. The van der Waals surface area contributed by atoms with E-state index < -0.39 is 5.60 Å². The molecular formula is C21H28O3. The lowest BCUT2D eigenvalue weighted by molar-refractivity contribution is -0.0712. The van der Waals surface area contributed by atoms with Crippen molar-refractivity contribution in [1.29, 1.82) is 0 Å². The second-order valence-electron chi connectivity index (χ2n) is 8.30. The molecule has 1 aromatic rings. The molecule has 3 aliphatic rings. The maximum atomic E-state index is 11.3. The maximum Gasteiger partial charge on any atom is 0.115 e. The lowest BCUT2D eigenvalue weighted by Gasteiger charge is -2.52.